The first-order valence-electron chi connectivity index (χ1n) is 32.0. The Bertz CT molecular complexity index is 4460. The summed E-state index contributed by atoms with van der Waals surface area (Å²) in [5, 5.41) is 47.9. The highest BCUT2D eigenvalue weighted by molar-refractivity contribution is 7.22. The Morgan fingerprint density at radius 3 is 1.45 bits per heavy atom. The van der Waals surface area contributed by atoms with Crippen molar-refractivity contribution in [2.24, 2.45) is 5.73 Å². The number of hydrogen-bond donors (Lipinski definition) is 7. The van der Waals surface area contributed by atoms with Gasteiger partial charge in [0.1, 0.15) is 64.6 Å². The second kappa shape index (κ2) is 36.9. The van der Waals surface area contributed by atoms with Crippen LogP contribution in [0.15, 0.2) is 146 Å². The Labute approximate surface area is 586 Å². The SMILES string of the molecule is COc1nc(C)c(-c2ccc3nc(N)sc3c2)cc1C(=O)NCc1ccccc1OC1CCOC1.COc1nc(C)c(-c2ccc3nc(N)sc3c2)cc1C(=O)O.N#Cc1ccccc1O.N#Cc1ccccc1OC1CCOC1.NCc1ccccc1OC1CCOC1.OC1CCOC1. The average molecular weight is 1400 g/mol. The number of hydrogen-bond acceptors (Lipinski definition) is 24. The predicted molar refractivity (Wildman–Crippen MR) is 381 cm³/mol. The molecule has 8 heterocycles. The van der Waals surface area contributed by atoms with Crippen molar-refractivity contribution in [1.29, 1.82) is 10.5 Å². The first-order chi connectivity index (χ1) is 48.5. The van der Waals surface area contributed by atoms with Crippen molar-refractivity contribution in [2.75, 3.05) is 78.5 Å². The number of carbonyl (C=O) groups excluding carboxylic acids is 1. The molecule has 0 aliphatic carbocycles. The van der Waals surface area contributed by atoms with Gasteiger partial charge in [0.2, 0.25) is 11.8 Å². The zero-order chi connectivity index (χ0) is 70.9. The number of phenols is 1. The number of rotatable bonds is 15. The van der Waals surface area contributed by atoms with E-state index in [9.17, 15) is 14.7 Å². The Kier molecular flexibility index (Phi) is 27.2. The number of amides is 1. The monoisotopic (exact) mass is 1390 g/mol. The largest absolute Gasteiger partial charge is 0.507 e. The molecule has 4 aliphatic rings. The lowest BCUT2D eigenvalue weighted by Gasteiger charge is -2.16. The van der Waals surface area contributed by atoms with E-state index in [0.29, 0.717) is 84.5 Å². The van der Waals surface area contributed by atoms with Crippen molar-refractivity contribution in [2.45, 2.75) is 77.0 Å². The predicted octanol–water partition coefficient (Wildman–Crippen LogP) is 11.4. The second-order valence-corrected chi connectivity index (χ2v) is 24.9. The molecule has 0 radical (unpaired) electrons. The van der Waals surface area contributed by atoms with Gasteiger partial charge in [-0.25, -0.2) is 24.7 Å². The number of aryl methyl sites for hydroxylation is 2. The molecule has 4 saturated heterocycles. The standard InChI is InChI=1S/C26H26N4O4S.C15H13N3O3S.C11H15NO2.C11H11NO2.C7H5NO.C4H8O2/c1-15-19(16-7-8-21-23(11-16)35-26(27)30-21)12-20(25(29-15)32-2)24(31)28-13-17-5-3-4-6-22(17)34-18-9-10-33-14-18;1-7-9(6-10(14(19)20)13(17-7)21-2)8-3-4-11-12(5-8)22-15(16)18-11;2*12-7-9-3-1-2-4-11(9)14-10-5-6-13-8-10;8-5-6-3-1-2-4-7(6)9;5-4-1-2-6-3-4/h3-8,11-12,18H,9-10,13-14H2,1-2H3,(H2,27,30)(H,28,31);3-6H,1-2H3,(H2,16,18)(H,19,20);1-4,10H,5-8,12H2;1-4,10H,5-6,8H2;1-4,9H;4-5H,1-3H2. The van der Waals surface area contributed by atoms with Crippen LogP contribution in [0.25, 0.3) is 42.7 Å². The molecule has 0 saturated carbocycles. The van der Waals surface area contributed by atoms with Crippen LogP contribution in [0, 0.1) is 36.5 Å². The number of pyridine rings is 2. The van der Waals surface area contributed by atoms with Crippen molar-refractivity contribution >= 4 is 65.2 Å². The number of ether oxygens (including phenoxy) is 9. The first-order valence-corrected chi connectivity index (χ1v) is 33.7. The number of nitrogens with one attached hydrogen (secondary N) is 1. The number of nitrogen functional groups attached to an aromatic ring is 2. The van der Waals surface area contributed by atoms with Crippen molar-refractivity contribution in [3.63, 3.8) is 0 Å². The van der Waals surface area contributed by atoms with Crippen LogP contribution >= 0.6 is 22.7 Å². The molecule has 4 aromatic heterocycles. The van der Waals surface area contributed by atoms with E-state index in [2.05, 4.69) is 31.3 Å². The summed E-state index contributed by atoms with van der Waals surface area (Å²) in [7, 11) is 2.91. The van der Waals surface area contributed by atoms with E-state index >= 15 is 0 Å². The van der Waals surface area contributed by atoms with Crippen molar-refractivity contribution in [3.8, 4) is 69.2 Å². The number of para-hydroxylation sites is 4. The van der Waals surface area contributed by atoms with Gasteiger partial charge in [-0.05, 0) is 104 Å². The van der Waals surface area contributed by atoms with Crippen molar-refractivity contribution in [1.82, 2.24) is 25.3 Å². The first kappa shape index (κ1) is 73.7. The number of nitriles is 2. The maximum atomic E-state index is 13.2. The van der Waals surface area contributed by atoms with Crippen LogP contribution < -0.4 is 46.2 Å². The van der Waals surface area contributed by atoms with Gasteiger partial charge < -0.3 is 80.5 Å². The van der Waals surface area contributed by atoms with Gasteiger partial charge in [-0.1, -0.05) is 95.5 Å². The number of thiazole rings is 2. The van der Waals surface area contributed by atoms with E-state index < -0.39 is 5.97 Å². The smallest absolute Gasteiger partial charge is 0.341 e. The van der Waals surface area contributed by atoms with Gasteiger partial charge in [0.25, 0.3) is 5.91 Å². The van der Waals surface area contributed by atoms with Gasteiger partial charge in [-0.15, -0.1) is 0 Å². The number of aromatic nitrogens is 4. The maximum Gasteiger partial charge on any atom is 0.341 e. The number of fused-ring (bicyclic) bond motifs is 2. The van der Waals surface area contributed by atoms with E-state index in [0.717, 1.165) is 117 Å². The van der Waals surface area contributed by atoms with E-state index in [1.165, 1.54) is 43.0 Å². The number of aliphatic hydroxyl groups is 1. The molecule has 14 rings (SSSR count). The third-order valence-corrected chi connectivity index (χ3v) is 17.4. The molecule has 6 aromatic carbocycles. The molecule has 0 bridgehead atoms. The van der Waals surface area contributed by atoms with E-state index in [-0.39, 0.29) is 53.4 Å². The van der Waals surface area contributed by atoms with Crippen LogP contribution in [0.5, 0.6) is 34.8 Å². The fraction of sp³-hybridized carbons (Fsp3) is 0.297. The van der Waals surface area contributed by atoms with Crippen LogP contribution in [-0.2, 0) is 32.0 Å². The highest BCUT2D eigenvalue weighted by atomic mass is 32.1. The summed E-state index contributed by atoms with van der Waals surface area (Å²) < 4.78 is 50.6. The molecule has 10 N–H and O–H groups in total. The number of aromatic hydroxyl groups is 1. The third-order valence-electron chi connectivity index (χ3n) is 15.7. The topological polar surface area (TPSA) is 367 Å². The number of carboxylic acids is 1. The summed E-state index contributed by atoms with van der Waals surface area (Å²) >= 11 is 2.82. The Morgan fingerprint density at radius 2 is 1.01 bits per heavy atom. The number of aromatic carboxylic acids is 1. The lowest BCUT2D eigenvalue weighted by Crippen LogP contribution is -2.25. The number of nitrogens with two attached hydrogens (primary N) is 3. The van der Waals surface area contributed by atoms with Crippen molar-refractivity contribution < 1.29 is 67.5 Å². The number of nitrogens with zero attached hydrogens (tertiary/aromatic N) is 6. The van der Waals surface area contributed by atoms with Crippen LogP contribution in [0.4, 0.5) is 10.3 Å². The van der Waals surface area contributed by atoms with Gasteiger partial charge in [-0.3, -0.25) is 4.79 Å². The summed E-state index contributed by atoms with van der Waals surface area (Å²) in [6, 6.07) is 48.2. The highest BCUT2D eigenvalue weighted by Gasteiger charge is 2.24. The number of benzene rings is 6. The van der Waals surface area contributed by atoms with Crippen LogP contribution in [0.1, 0.15) is 80.0 Å². The highest BCUT2D eigenvalue weighted by Crippen LogP contribution is 2.35. The molecule has 24 nitrogen and oxygen atoms in total. The molecule has 4 fully saturated rings. The fourth-order valence-corrected chi connectivity index (χ4v) is 12.1. The average Bonchev–Trinajstić information content (AvgIpc) is 1.61. The zero-order valence-corrected chi connectivity index (χ0v) is 57.3. The fourth-order valence-electron chi connectivity index (χ4n) is 10.5. The Balaban J connectivity index is 0.000000153. The van der Waals surface area contributed by atoms with Gasteiger partial charge in [0.15, 0.2) is 10.3 Å². The number of phenolic OH excluding ortho intramolecular Hbond substituents is 1. The van der Waals surface area contributed by atoms with Crippen LogP contribution in [0.3, 0.4) is 0 Å². The summed E-state index contributed by atoms with van der Waals surface area (Å²) in [4.78, 5) is 41.9. The summed E-state index contributed by atoms with van der Waals surface area (Å²) in [6.45, 7) is 9.96. The number of anilines is 2. The van der Waals surface area contributed by atoms with Gasteiger partial charge in [0, 0.05) is 72.6 Å². The maximum absolute atomic E-state index is 13.2. The molecule has 26 heteroatoms. The van der Waals surface area contributed by atoms with Gasteiger partial charge in [-0.2, -0.15) is 10.5 Å². The normalized spacial score (nSPS) is 16.4. The number of carboxylic acid groups (broad SMARTS) is 1. The molecule has 10 aromatic rings. The lowest BCUT2D eigenvalue weighted by molar-refractivity contribution is 0.0692. The minimum Gasteiger partial charge on any atom is -0.507 e. The van der Waals surface area contributed by atoms with E-state index in [4.69, 9.17) is 80.6 Å². The molecule has 520 valence electrons. The minimum atomic E-state index is -1.08. The molecule has 4 aliphatic heterocycles. The third kappa shape index (κ3) is 20.5. The van der Waals surface area contributed by atoms with E-state index in [1.54, 1.807) is 30.3 Å². The Hall–Kier alpha value is -10.5. The molecule has 100 heavy (non-hydrogen) atoms. The Morgan fingerprint density at radius 1 is 0.570 bits per heavy atom. The van der Waals surface area contributed by atoms with Crippen molar-refractivity contribution in [3.05, 3.63) is 190 Å². The van der Waals surface area contributed by atoms with Gasteiger partial charge >= 0.3 is 5.97 Å². The summed E-state index contributed by atoms with van der Waals surface area (Å²) in [5.74, 6) is 1.37. The second-order valence-electron chi connectivity index (χ2n) is 22.8. The molecule has 4 unspecified atom stereocenters. The quantitative estimate of drug-likeness (QED) is 0.0501. The lowest BCUT2D eigenvalue weighted by atomic mass is 10.0. The molecule has 0 spiro atoms. The zero-order valence-electron chi connectivity index (χ0n) is 55.6. The minimum absolute atomic E-state index is 0.0297. The van der Waals surface area contributed by atoms with E-state index in [1.807, 2.05) is 129 Å². The summed E-state index contributed by atoms with van der Waals surface area (Å²) in [5.41, 5.74) is 26.9. The van der Waals surface area contributed by atoms with Crippen LogP contribution in [-0.4, -0.2) is 139 Å². The molecular formula is C74H78N10O14S2. The summed E-state index contributed by atoms with van der Waals surface area (Å²) in [6.07, 6.45) is 3.70. The molecule has 4 atom stereocenters. The molecular weight excluding hydrogens is 1320 g/mol. The number of carbonyl (C=O) groups is 2. The van der Waals surface area contributed by atoms with Crippen LogP contribution in [0.2, 0.25) is 0 Å². The number of aliphatic hydroxyl groups excluding tert-OH is 1. The number of methoxy groups -OCH3 is 2. The van der Waals surface area contributed by atoms with Gasteiger partial charge in [0.05, 0.1) is 98.1 Å². The molecule has 1 amide bonds.